The summed E-state index contributed by atoms with van der Waals surface area (Å²) in [6.45, 7) is 5.08. The molecule has 1 atom stereocenters. The molecule has 160 valence electrons. The van der Waals surface area contributed by atoms with Crippen molar-refractivity contribution >= 4 is 28.9 Å². The Bertz CT molecular complexity index is 879. The molecule has 30 heavy (non-hydrogen) atoms. The van der Waals surface area contributed by atoms with Gasteiger partial charge >= 0.3 is 0 Å². The minimum absolute atomic E-state index is 0.0668. The molecule has 3 N–H and O–H groups in total. The molecule has 1 aliphatic rings. The Morgan fingerprint density at radius 2 is 1.93 bits per heavy atom. The van der Waals surface area contributed by atoms with Crippen molar-refractivity contribution in [1.29, 1.82) is 0 Å². The summed E-state index contributed by atoms with van der Waals surface area (Å²) in [5.41, 5.74) is 3.01. The number of hydrogen-bond acceptors (Lipinski definition) is 5. The highest BCUT2D eigenvalue weighted by molar-refractivity contribution is 5.96. The lowest BCUT2D eigenvalue weighted by atomic mass is 10.1. The minimum atomic E-state index is -0.194. The molecular formula is C23H29N3O4. The smallest absolute Gasteiger partial charge is 0.243 e. The highest BCUT2D eigenvalue weighted by atomic mass is 16.5. The predicted molar refractivity (Wildman–Crippen MR) is 118 cm³/mol. The van der Waals surface area contributed by atoms with Crippen LogP contribution >= 0.6 is 0 Å². The Labute approximate surface area is 177 Å². The summed E-state index contributed by atoms with van der Waals surface area (Å²) in [4.78, 5) is 24.1. The Hall–Kier alpha value is -3.06. The molecule has 0 aromatic heterocycles. The van der Waals surface area contributed by atoms with E-state index in [-0.39, 0.29) is 24.5 Å². The van der Waals surface area contributed by atoms with Crippen molar-refractivity contribution in [3.8, 4) is 5.75 Å². The van der Waals surface area contributed by atoms with E-state index in [2.05, 4.69) is 16.0 Å². The quantitative estimate of drug-likeness (QED) is 0.581. The van der Waals surface area contributed by atoms with E-state index in [4.69, 9.17) is 9.47 Å². The lowest BCUT2D eigenvalue weighted by Crippen LogP contribution is -2.22. The standard InChI is InChI=1S/C23H29N3O4/c1-3-22(27)26-20-13-17(11-10-16(20)2)25-23(28)14-24-19-8-4-5-9-21(19)30-15-18-7-6-12-29-18/h4-5,8-11,13,18,24H,3,6-7,12,14-15H2,1-2H3,(H,25,28)(H,26,27). The van der Waals surface area contributed by atoms with Crippen LogP contribution < -0.4 is 20.7 Å². The first-order valence-corrected chi connectivity index (χ1v) is 10.3. The van der Waals surface area contributed by atoms with Gasteiger partial charge in [-0.25, -0.2) is 0 Å². The van der Waals surface area contributed by atoms with E-state index < -0.39 is 0 Å². The van der Waals surface area contributed by atoms with Gasteiger partial charge in [0.1, 0.15) is 12.4 Å². The fourth-order valence-electron chi connectivity index (χ4n) is 3.15. The number of amides is 2. The van der Waals surface area contributed by atoms with Gasteiger partial charge in [-0.15, -0.1) is 0 Å². The van der Waals surface area contributed by atoms with Crippen LogP contribution in [0, 0.1) is 6.92 Å². The fraction of sp³-hybridized carbons (Fsp3) is 0.391. The predicted octanol–water partition coefficient (Wildman–Crippen LogP) is 3.95. The molecule has 1 saturated heterocycles. The monoisotopic (exact) mass is 411 g/mol. The maximum Gasteiger partial charge on any atom is 0.243 e. The van der Waals surface area contributed by atoms with E-state index in [1.165, 1.54) is 0 Å². The van der Waals surface area contributed by atoms with Gasteiger partial charge in [-0.05, 0) is 49.6 Å². The highest BCUT2D eigenvalue weighted by Crippen LogP contribution is 2.25. The second-order valence-corrected chi connectivity index (χ2v) is 7.28. The van der Waals surface area contributed by atoms with E-state index >= 15 is 0 Å². The van der Waals surface area contributed by atoms with Gasteiger partial charge in [0.05, 0.1) is 18.3 Å². The van der Waals surface area contributed by atoms with Gasteiger partial charge in [0.2, 0.25) is 11.8 Å². The number of para-hydroxylation sites is 2. The zero-order chi connectivity index (χ0) is 21.3. The molecule has 7 nitrogen and oxygen atoms in total. The molecular weight excluding hydrogens is 382 g/mol. The van der Waals surface area contributed by atoms with E-state index in [1.807, 2.05) is 43.3 Å². The topological polar surface area (TPSA) is 88.7 Å². The molecule has 2 aromatic carbocycles. The van der Waals surface area contributed by atoms with Crippen LogP contribution in [0.3, 0.4) is 0 Å². The van der Waals surface area contributed by atoms with Crippen LogP contribution in [0.25, 0.3) is 0 Å². The maximum absolute atomic E-state index is 12.4. The number of benzene rings is 2. The average Bonchev–Trinajstić information content (AvgIpc) is 3.27. The van der Waals surface area contributed by atoms with Gasteiger partial charge in [-0.3, -0.25) is 9.59 Å². The first-order valence-electron chi connectivity index (χ1n) is 10.3. The number of rotatable bonds is 9. The average molecular weight is 412 g/mol. The largest absolute Gasteiger partial charge is 0.489 e. The van der Waals surface area contributed by atoms with E-state index in [1.54, 1.807) is 13.0 Å². The Balaban J connectivity index is 1.54. The second kappa shape index (κ2) is 10.6. The Morgan fingerprint density at radius 1 is 1.10 bits per heavy atom. The molecule has 1 fully saturated rings. The number of carbonyl (C=O) groups excluding carboxylic acids is 2. The Morgan fingerprint density at radius 3 is 2.70 bits per heavy atom. The molecule has 1 aliphatic heterocycles. The van der Waals surface area contributed by atoms with Crippen LogP contribution in [0.15, 0.2) is 42.5 Å². The number of nitrogens with one attached hydrogen (secondary N) is 3. The molecule has 0 aliphatic carbocycles. The first kappa shape index (κ1) is 21.6. The van der Waals surface area contributed by atoms with Crippen LogP contribution in [-0.4, -0.2) is 37.7 Å². The summed E-state index contributed by atoms with van der Waals surface area (Å²) >= 11 is 0. The van der Waals surface area contributed by atoms with Gasteiger partial charge < -0.3 is 25.4 Å². The number of aryl methyl sites for hydroxylation is 1. The molecule has 7 heteroatoms. The molecule has 1 heterocycles. The van der Waals surface area contributed by atoms with Crippen molar-refractivity contribution in [2.24, 2.45) is 0 Å². The van der Waals surface area contributed by atoms with Crippen molar-refractivity contribution in [2.45, 2.75) is 39.2 Å². The van der Waals surface area contributed by atoms with Gasteiger partial charge in [-0.1, -0.05) is 25.1 Å². The van der Waals surface area contributed by atoms with Crippen molar-refractivity contribution < 1.29 is 19.1 Å². The third-order valence-electron chi connectivity index (χ3n) is 4.89. The Kier molecular flexibility index (Phi) is 7.68. The summed E-state index contributed by atoms with van der Waals surface area (Å²) < 4.78 is 11.5. The molecule has 0 saturated carbocycles. The van der Waals surface area contributed by atoms with Crippen molar-refractivity contribution in [3.05, 3.63) is 48.0 Å². The zero-order valence-corrected chi connectivity index (χ0v) is 17.5. The lowest BCUT2D eigenvalue weighted by molar-refractivity contribution is -0.116. The summed E-state index contributed by atoms with van der Waals surface area (Å²) in [5, 5.41) is 8.83. The summed E-state index contributed by atoms with van der Waals surface area (Å²) in [5.74, 6) is 0.434. The lowest BCUT2D eigenvalue weighted by Gasteiger charge is -2.16. The van der Waals surface area contributed by atoms with E-state index in [9.17, 15) is 9.59 Å². The summed E-state index contributed by atoms with van der Waals surface area (Å²) in [7, 11) is 0. The normalized spacial score (nSPS) is 15.5. The number of anilines is 3. The fourth-order valence-corrected chi connectivity index (χ4v) is 3.15. The third kappa shape index (κ3) is 6.22. The van der Waals surface area contributed by atoms with Crippen LogP contribution in [0.2, 0.25) is 0 Å². The van der Waals surface area contributed by atoms with Gasteiger partial charge in [0.25, 0.3) is 0 Å². The third-order valence-corrected chi connectivity index (χ3v) is 4.89. The van der Waals surface area contributed by atoms with Gasteiger partial charge in [-0.2, -0.15) is 0 Å². The molecule has 2 amide bonds. The van der Waals surface area contributed by atoms with Crippen molar-refractivity contribution in [2.75, 3.05) is 35.7 Å². The van der Waals surface area contributed by atoms with Crippen LogP contribution in [0.1, 0.15) is 31.7 Å². The molecule has 2 aromatic rings. The van der Waals surface area contributed by atoms with Gasteiger partial charge in [0, 0.05) is 24.4 Å². The van der Waals surface area contributed by atoms with Crippen LogP contribution in [0.5, 0.6) is 5.75 Å². The zero-order valence-electron chi connectivity index (χ0n) is 17.5. The van der Waals surface area contributed by atoms with Crippen LogP contribution in [-0.2, 0) is 14.3 Å². The summed E-state index contributed by atoms with van der Waals surface area (Å²) in [6, 6.07) is 13.0. The summed E-state index contributed by atoms with van der Waals surface area (Å²) in [6.07, 6.45) is 2.60. The minimum Gasteiger partial charge on any atom is -0.489 e. The maximum atomic E-state index is 12.4. The molecule has 3 rings (SSSR count). The molecule has 0 spiro atoms. The molecule has 0 radical (unpaired) electrons. The number of hydrogen-bond donors (Lipinski definition) is 3. The van der Waals surface area contributed by atoms with E-state index in [0.29, 0.717) is 30.2 Å². The van der Waals surface area contributed by atoms with E-state index in [0.717, 1.165) is 30.7 Å². The SMILES string of the molecule is CCC(=O)Nc1cc(NC(=O)CNc2ccccc2OCC2CCCO2)ccc1C. The van der Waals surface area contributed by atoms with Crippen molar-refractivity contribution in [1.82, 2.24) is 0 Å². The number of carbonyl (C=O) groups is 2. The molecule has 0 bridgehead atoms. The van der Waals surface area contributed by atoms with Crippen molar-refractivity contribution in [3.63, 3.8) is 0 Å². The van der Waals surface area contributed by atoms with Crippen LogP contribution in [0.4, 0.5) is 17.1 Å². The second-order valence-electron chi connectivity index (χ2n) is 7.28. The number of ether oxygens (including phenoxy) is 2. The molecule has 1 unspecified atom stereocenters. The van der Waals surface area contributed by atoms with Gasteiger partial charge in [0.15, 0.2) is 0 Å². The first-order chi connectivity index (χ1) is 14.5. The highest BCUT2D eigenvalue weighted by Gasteiger charge is 2.17.